The van der Waals surface area contributed by atoms with E-state index in [0.29, 0.717) is 23.7 Å². The van der Waals surface area contributed by atoms with Crippen LogP contribution in [0.15, 0.2) is 36.4 Å². The number of nitrogens with two attached hydrogens (primary N) is 1. The van der Waals surface area contributed by atoms with Crippen LogP contribution >= 0.6 is 11.3 Å². The monoisotopic (exact) mass is 392 g/mol. The number of nitrogen functional groups attached to an aromatic ring is 1. The highest BCUT2D eigenvalue weighted by atomic mass is 32.1. The molecule has 6 heteroatoms. The summed E-state index contributed by atoms with van der Waals surface area (Å²) in [6.07, 6.45) is 4.51. The van der Waals surface area contributed by atoms with Crippen LogP contribution in [0.3, 0.4) is 0 Å². The van der Waals surface area contributed by atoms with Gasteiger partial charge in [0.15, 0.2) is 0 Å². The van der Waals surface area contributed by atoms with Crippen molar-refractivity contribution in [2.24, 2.45) is 0 Å². The lowest BCUT2D eigenvalue weighted by molar-refractivity contribution is 0.0752. The highest BCUT2D eigenvalue weighted by molar-refractivity contribution is 7.21. The minimum atomic E-state index is 0.0474. The molecule has 28 heavy (non-hydrogen) atoms. The summed E-state index contributed by atoms with van der Waals surface area (Å²) in [4.78, 5) is 23.8. The van der Waals surface area contributed by atoms with E-state index >= 15 is 0 Å². The summed E-state index contributed by atoms with van der Waals surface area (Å²) in [5.74, 6) is 0.0474. The number of amides is 1. The number of nitrogens with zero attached hydrogens (tertiary/aromatic N) is 3. The number of aryl methyl sites for hydroxylation is 2. The van der Waals surface area contributed by atoms with Gasteiger partial charge in [-0.3, -0.25) is 4.79 Å². The van der Waals surface area contributed by atoms with Gasteiger partial charge in [0.05, 0.1) is 5.69 Å². The first-order valence-electron chi connectivity index (χ1n) is 10.0. The second-order valence-electron chi connectivity index (χ2n) is 7.61. The Morgan fingerprint density at radius 2 is 1.79 bits per heavy atom. The van der Waals surface area contributed by atoms with Crippen molar-refractivity contribution >= 4 is 38.8 Å². The molecule has 0 unspecified atom stereocenters. The van der Waals surface area contributed by atoms with E-state index in [2.05, 4.69) is 35.2 Å². The molecule has 5 rings (SSSR count). The van der Waals surface area contributed by atoms with Gasteiger partial charge in [0.1, 0.15) is 9.71 Å². The Hall–Kier alpha value is -2.60. The van der Waals surface area contributed by atoms with E-state index in [4.69, 9.17) is 10.7 Å². The molecule has 1 aliphatic heterocycles. The molecular weight excluding hydrogens is 368 g/mol. The molecule has 1 amide bonds. The fourth-order valence-corrected chi connectivity index (χ4v) is 5.33. The number of carbonyl (C=O) groups is 1. The molecule has 2 N–H and O–H groups in total. The van der Waals surface area contributed by atoms with Gasteiger partial charge in [-0.15, -0.1) is 11.3 Å². The van der Waals surface area contributed by atoms with E-state index < -0.39 is 0 Å². The van der Waals surface area contributed by atoms with Crippen LogP contribution in [-0.4, -0.2) is 42.0 Å². The Morgan fingerprint density at radius 1 is 1.04 bits per heavy atom. The van der Waals surface area contributed by atoms with Gasteiger partial charge in [0.2, 0.25) is 0 Å². The Labute approximate surface area is 168 Å². The molecular formula is C22H24N4OS. The first kappa shape index (κ1) is 17.5. The molecule has 144 valence electrons. The first-order chi connectivity index (χ1) is 13.7. The molecule has 2 aromatic heterocycles. The maximum Gasteiger partial charge on any atom is 0.266 e. The van der Waals surface area contributed by atoms with Gasteiger partial charge in [-0.2, -0.15) is 0 Å². The summed E-state index contributed by atoms with van der Waals surface area (Å²) >= 11 is 1.45. The standard InChI is InChI=1S/C22H24N4OS/c23-19-17-14-15-6-4-5-9-18(15)24-21(17)28-20(19)22(27)26-12-10-25(11-13-26)16-7-2-1-3-8-16/h1-3,7-8,14H,4-6,9-13,23H2. The summed E-state index contributed by atoms with van der Waals surface area (Å²) in [5, 5.41) is 0.955. The summed E-state index contributed by atoms with van der Waals surface area (Å²) in [6.45, 7) is 3.11. The molecule has 3 aromatic rings. The lowest BCUT2D eigenvalue weighted by Gasteiger charge is -2.36. The number of hydrogen-bond acceptors (Lipinski definition) is 5. The third-order valence-electron chi connectivity index (χ3n) is 5.88. The van der Waals surface area contributed by atoms with Gasteiger partial charge in [-0.25, -0.2) is 4.98 Å². The maximum atomic E-state index is 13.2. The zero-order valence-corrected chi connectivity index (χ0v) is 16.7. The number of fused-ring (bicyclic) bond motifs is 2. The molecule has 1 fully saturated rings. The Bertz CT molecular complexity index is 1020. The predicted octanol–water partition coefficient (Wildman–Crippen LogP) is 3.72. The quantitative estimate of drug-likeness (QED) is 0.722. The van der Waals surface area contributed by atoms with Gasteiger partial charge in [0, 0.05) is 42.9 Å². The van der Waals surface area contributed by atoms with Gasteiger partial charge >= 0.3 is 0 Å². The molecule has 0 saturated carbocycles. The zero-order chi connectivity index (χ0) is 19.1. The van der Waals surface area contributed by atoms with Crippen LogP contribution in [0.5, 0.6) is 0 Å². The van der Waals surface area contributed by atoms with Gasteiger partial charge in [0.25, 0.3) is 5.91 Å². The van der Waals surface area contributed by atoms with Crippen LogP contribution in [0.4, 0.5) is 11.4 Å². The highest BCUT2D eigenvalue weighted by Crippen LogP contribution is 2.36. The summed E-state index contributed by atoms with van der Waals surface area (Å²) in [6, 6.07) is 12.5. The smallest absolute Gasteiger partial charge is 0.266 e. The molecule has 0 atom stereocenters. The largest absolute Gasteiger partial charge is 0.397 e. The summed E-state index contributed by atoms with van der Waals surface area (Å²) < 4.78 is 0. The van der Waals surface area contributed by atoms with Crippen molar-refractivity contribution in [3.63, 3.8) is 0 Å². The number of piperazine rings is 1. The number of anilines is 2. The minimum Gasteiger partial charge on any atom is -0.397 e. The molecule has 5 nitrogen and oxygen atoms in total. The highest BCUT2D eigenvalue weighted by Gasteiger charge is 2.27. The molecule has 0 radical (unpaired) electrons. The summed E-state index contributed by atoms with van der Waals surface area (Å²) in [5.41, 5.74) is 10.7. The van der Waals surface area contributed by atoms with Crippen molar-refractivity contribution in [2.75, 3.05) is 36.8 Å². The second kappa shape index (κ2) is 7.09. The van der Waals surface area contributed by atoms with E-state index in [-0.39, 0.29) is 5.91 Å². The molecule has 0 bridgehead atoms. The van der Waals surface area contributed by atoms with Crippen LogP contribution in [0.1, 0.15) is 33.8 Å². The minimum absolute atomic E-state index is 0.0474. The third-order valence-corrected chi connectivity index (χ3v) is 6.99. The Morgan fingerprint density at radius 3 is 2.57 bits per heavy atom. The fourth-order valence-electron chi connectivity index (χ4n) is 4.27. The van der Waals surface area contributed by atoms with E-state index in [1.54, 1.807) is 0 Å². The van der Waals surface area contributed by atoms with Crippen molar-refractivity contribution < 1.29 is 4.79 Å². The number of hydrogen-bond donors (Lipinski definition) is 1. The number of thiophene rings is 1. The lowest BCUT2D eigenvalue weighted by Crippen LogP contribution is -2.48. The van der Waals surface area contributed by atoms with Crippen molar-refractivity contribution in [1.82, 2.24) is 9.88 Å². The van der Waals surface area contributed by atoms with E-state index in [9.17, 15) is 4.79 Å². The van der Waals surface area contributed by atoms with Crippen LogP contribution in [0, 0.1) is 0 Å². The van der Waals surface area contributed by atoms with E-state index in [1.165, 1.54) is 41.1 Å². The van der Waals surface area contributed by atoms with Crippen molar-refractivity contribution in [2.45, 2.75) is 25.7 Å². The van der Waals surface area contributed by atoms with Gasteiger partial charge < -0.3 is 15.5 Å². The molecule has 1 aliphatic carbocycles. The Balaban J connectivity index is 1.37. The molecule has 1 aromatic carbocycles. The molecule has 0 spiro atoms. The first-order valence-corrected chi connectivity index (χ1v) is 10.8. The van der Waals surface area contributed by atoms with E-state index in [0.717, 1.165) is 36.1 Å². The van der Waals surface area contributed by atoms with Crippen molar-refractivity contribution in [1.29, 1.82) is 0 Å². The average molecular weight is 393 g/mol. The van der Waals surface area contributed by atoms with Crippen LogP contribution in [0.25, 0.3) is 10.2 Å². The SMILES string of the molecule is Nc1c(C(=O)N2CCN(c3ccccc3)CC2)sc2nc3c(cc12)CCCC3. The number of pyridine rings is 1. The molecule has 2 aliphatic rings. The molecule has 1 saturated heterocycles. The number of carbonyl (C=O) groups excluding carboxylic acids is 1. The van der Waals surface area contributed by atoms with Crippen molar-refractivity contribution in [3.05, 3.63) is 52.5 Å². The topological polar surface area (TPSA) is 62.5 Å². The van der Waals surface area contributed by atoms with Crippen LogP contribution in [-0.2, 0) is 12.8 Å². The maximum absolute atomic E-state index is 13.2. The summed E-state index contributed by atoms with van der Waals surface area (Å²) in [7, 11) is 0. The third kappa shape index (κ3) is 3.02. The second-order valence-corrected chi connectivity index (χ2v) is 8.61. The number of aromatic nitrogens is 1. The number of benzene rings is 1. The van der Waals surface area contributed by atoms with Gasteiger partial charge in [-0.1, -0.05) is 18.2 Å². The molecule has 3 heterocycles. The normalized spacial score (nSPS) is 17.0. The van der Waals surface area contributed by atoms with Crippen LogP contribution in [0.2, 0.25) is 0 Å². The lowest BCUT2D eigenvalue weighted by atomic mass is 9.95. The Kier molecular flexibility index (Phi) is 4.43. The number of rotatable bonds is 2. The average Bonchev–Trinajstić information content (AvgIpc) is 3.08. The van der Waals surface area contributed by atoms with Crippen molar-refractivity contribution in [3.8, 4) is 0 Å². The van der Waals surface area contributed by atoms with E-state index in [1.807, 2.05) is 11.0 Å². The number of para-hydroxylation sites is 1. The zero-order valence-electron chi connectivity index (χ0n) is 15.9. The van der Waals surface area contributed by atoms with Crippen LogP contribution < -0.4 is 10.6 Å². The predicted molar refractivity (Wildman–Crippen MR) is 115 cm³/mol. The van der Waals surface area contributed by atoms with Gasteiger partial charge in [-0.05, 0) is 49.4 Å². The fraction of sp³-hybridized carbons (Fsp3) is 0.364.